The van der Waals surface area contributed by atoms with E-state index in [2.05, 4.69) is 15.9 Å². The number of hydrogen-bond acceptors (Lipinski definition) is 4. The van der Waals surface area contributed by atoms with Crippen LogP contribution in [-0.2, 0) is 0 Å². The number of ether oxygens (including phenoxy) is 1. The summed E-state index contributed by atoms with van der Waals surface area (Å²) in [4.78, 5) is 24.2. The molecule has 3 aromatic carbocycles. The van der Waals surface area contributed by atoms with E-state index >= 15 is 0 Å². The van der Waals surface area contributed by atoms with E-state index in [0.717, 1.165) is 5.56 Å². The fourth-order valence-corrected chi connectivity index (χ4v) is 4.23. The van der Waals surface area contributed by atoms with E-state index < -0.39 is 16.8 Å². The lowest BCUT2D eigenvalue weighted by atomic mass is 9.82. The van der Waals surface area contributed by atoms with Crippen molar-refractivity contribution in [1.82, 2.24) is 0 Å². The first-order valence-electron chi connectivity index (χ1n) is 9.08. The summed E-state index contributed by atoms with van der Waals surface area (Å²) in [6.45, 7) is 0. The number of benzene rings is 3. The second-order valence-electron chi connectivity index (χ2n) is 6.57. The first-order chi connectivity index (χ1) is 14.0. The van der Waals surface area contributed by atoms with E-state index in [4.69, 9.17) is 4.74 Å². The molecule has 0 aromatic heterocycles. The molecule has 0 aliphatic heterocycles. The zero-order chi connectivity index (χ0) is 20.8. The summed E-state index contributed by atoms with van der Waals surface area (Å²) in [5.74, 6) is -0.271. The Kier molecular flexibility index (Phi) is 6.77. The van der Waals surface area contributed by atoms with Gasteiger partial charge in [0, 0.05) is 16.1 Å². The molecule has 0 unspecified atom stereocenters. The van der Waals surface area contributed by atoms with Gasteiger partial charge in [-0.05, 0) is 29.8 Å². The zero-order valence-electron chi connectivity index (χ0n) is 15.8. The molecule has 0 aliphatic rings. The predicted octanol–water partition coefficient (Wildman–Crippen LogP) is 5.44. The van der Waals surface area contributed by atoms with E-state index in [1.807, 2.05) is 36.4 Å². The van der Waals surface area contributed by atoms with Gasteiger partial charge in [-0.1, -0.05) is 76.6 Å². The number of nitro groups is 1. The highest BCUT2D eigenvalue weighted by molar-refractivity contribution is 9.10. The molecule has 3 rings (SSSR count). The predicted molar refractivity (Wildman–Crippen MR) is 115 cm³/mol. The van der Waals surface area contributed by atoms with Crippen LogP contribution < -0.4 is 4.74 Å². The van der Waals surface area contributed by atoms with Crippen LogP contribution in [0.4, 0.5) is 0 Å². The molecule has 0 bridgehead atoms. The Bertz CT molecular complexity index is 961. The fraction of sp³-hybridized carbons (Fsp3) is 0.174. The average Bonchev–Trinajstić information content (AvgIpc) is 2.77. The van der Waals surface area contributed by atoms with Gasteiger partial charge in [0.15, 0.2) is 5.78 Å². The molecular weight excluding hydrogens is 434 g/mol. The van der Waals surface area contributed by atoms with Gasteiger partial charge >= 0.3 is 0 Å². The van der Waals surface area contributed by atoms with Crippen LogP contribution >= 0.6 is 15.9 Å². The molecule has 29 heavy (non-hydrogen) atoms. The number of hydrogen-bond donors (Lipinski definition) is 0. The summed E-state index contributed by atoms with van der Waals surface area (Å²) >= 11 is 3.50. The van der Waals surface area contributed by atoms with Gasteiger partial charge in [0.2, 0.25) is 6.04 Å². The van der Waals surface area contributed by atoms with Crippen molar-refractivity contribution in [3.8, 4) is 5.75 Å². The standard InChI is InChI=1S/C23H20BrNO4/c1-29-19-14-12-18(13-15-19)23(26)21(24)20(16-8-4-2-5-9-16)22(25(27)28)17-10-6-3-7-11-17/h2-15,20-22H,1H3/t20-,21-,22-/m1/s1. The minimum absolute atomic E-state index is 0.218. The van der Waals surface area contributed by atoms with Gasteiger partial charge in [0.1, 0.15) is 5.75 Å². The van der Waals surface area contributed by atoms with Gasteiger partial charge in [-0.25, -0.2) is 0 Å². The molecule has 5 nitrogen and oxygen atoms in total. The van der Waals surface area contributed by atoms with E-state index in [-0.39, 0.29) is 10.7 Å². The van der Waals surface area contributed by atoms with Gasteiger partial charge in [-0.3, -0.25) is 14.9 Å². The summed E-state index contributed by atoms with van der Waals surface area (Å²) < 4.78 is 5.14. The van der Waals surface area contributed by atoms with Crippen molar-refractivity contribution < 1.29 is 14.5 Å². The molecular formula is C23H20BrNO4. The maximum absolute atomic E-state index is 13.2. The molecule has 3 aromatic rings. The first kappa shape index (κ1) is 20.7. The summed E-state index contributed by atoms with van der Waals surface area (Å²) in [5.41, 5.74) is 1.74. The molecule has 0 spiro atoms. The quantitative estimate of drug-likeness (QED) is 0.197. The van der Waals surface area contributed by atoms with Crippen molar-refractivity contribution in [2.45, 2.75) is 16.8 Å². The number of Topliss-reactive ketones (excluding diaryl/α,β-unsaturated/α-hetero) is 1. The monoisotopic (exact) mass is 453 g/mol. The number of ketones is 1. The topological polar surface area (TPSA) is 69.4 Å². The Labute approximate surface area is 177 Å². The maximum atomic E-state index is 13.2. The van der Waals surface area contributed by atoms with Crippen molar-refractivity contribution in [2.75, 3.05) is 7.11 Å². The number of halogens is 1. The number of carbonyl (C=O) groups is 1. The lowest BCUT2D eigenvalue weighted by Crippen LogP contribution is -2.31. The van der Waals surface area contributed by atoms with Crippen LogP contribution in [0.2, 0.25) is 0 Å². The van der Waals surface area contributed by atoms with Gasteiger partial charge in [-0.15, -0.1) is 0 Å². The molecule has 0 saturated heterocycles. The van der Waals surface area contributed by atoms with Gasteiger partial charge < -0.3 is 4.74 Å². The Morgan fingerprint density at radius 3 is 1.90 bits per heavy atom. The smallest absolute Gasteiger partial charge is 0.246 e. The summed E-state index contributed by atoms with van der Waals surface area (Å²) in [6, 6.07) is 23.6. The molecule has 0 amide bonds. The van der Waals surface area contributed by atoms with Gasteiger partial charge in [0.05, 0.1) is 17.9 Å². The molecule has 0 fully saturated rings. The largest absolute Gasteiger partial charge is 0.497 e. The van der Waals surface area contributed by atoms with Crippen LogP contribution in [0, 0.1) is 10.1 Å². The Hall–Kier alpha value is -2.99. The molecule has 0 aliphatic carbocycles. The van der Waals surface area contributed by atoms with Crippen molar-refractivity contribution in [2.24, 2.45) is 0 Å². The highest BCUT2D eigenvalue weighted by Gasteiger charge is 2.42. The second kappa shape index (κ2) is 9.47. The molecule has 6 heteroatoms. The molecule has 3 atom stereocenters. The summed E-state index contributed by atoms with van der Waals surface area (Å²) in [6.07, 6.45) is 0. The fourth-order valence-electron chi connectivity index (χ4n) is 3.37. The van der Waals surface area contributed by atoms with Crippen LogP contribution in [-0.4, -0.2) is 22.6 Å². The van der Waals surface area contributed by atoms with Crippen molar-refractivity contribution >= 4 is 21.7 Å². The highest BCUT2D eigenvalue weighted by atomic mass is 79.9. The van der Waals surface area contributed by atoms with Gasteiger partial charge in [0.25, 0.3) is 0 Å². The van der Waals surface area contributed by atoms with Gasteiger partial charge in [-0.2, -0.15) is 0 Å². The van der Waals surface area contributed by atoms with Crippen LogP contribution in [0.1, 0.15) is 33.4 Å². The van der Waals surface area contributed by atoms with Crippen molar-refractivity contribution in [3.63, 3.8) is 0 Å². The number of methoxy groups -OCH3 is 1. The summed E-state index contributed by atoms with van der Waals surface area (Å²) in [5, 5.41) is 12.1. The van der Waals surface area contributed by atoms with Crippen LogP contribution in [0.25, 0.3) is 0 Å². The lowest BCUT2D eigenvalue weighted by Gasteiger charge is -2.25. The summed E-state index contributed by atoms with van der Waals surface area (Å²) in [7, 11) is 1.55. The number of rotatable bonds is 8. The molecule has 0 N–H and O–H groups in total. The maximum Gasteiger partial charge on any atom is 0.246 e. The number of nitrogens with zero attached hydrogens (tertiary/aromatic N) is 1. The van der Waals surface area contributed by atoms with E-state index in [1.54, 1.807) is 55.6 Å². The Morgan fingerprint density at radius 1 is 0.897 bits per heavy atom. The number of alkyl halides is 1. The Balaban J connectivity index is 2.04. The lowest BCUT2D eigenvalue weighted by molar-refractivity contribution is -0.533. The van der Waals surface area contributed by atoms with E-state index in [0.29, 0.717) is 16.9 Å². The second-order valence-corrected chi connectivity index (χ2v) is 7.56. The van der Waals surface area contributed by atoms with Crippen LogP contribution in [0.5, 0.6) is 5.75 Å². The SMILES string of the molecule is COc1ccc(C(=O)[C@H](Br)[C@@H](c2ccccc2)[C@@H](c2ccccc2)[N+](=O)[O-])cc1. The van der Waals surface area contributed by atoms with Crippen molar-refractivity contribution in [3.05, 3.63) is 112 Å². The van der Waals surface area contributed by atoms with Crippen molar-refractivity contribution in [1.29, 1.82) is 0 Å². The third kappa shape index (κ3) is 4.71. The van der Waals surface area contributed by atoms with E-state index in [1.165, 1.54) is 0 Å². The molecule has 0 heterocycles. The van der Waals surface area contributed by atoms with E-state index in [9.17, 15) is 14.9 Å². The first-order valence-corrected chi connectivity index (χ1v) is 10.00. The minimum Gasteiger partial charge on any atom is -0.497 e. The van der Waals surface area contributed by atoms with Crippen LogP contribution in [0.15, 0.2) is 84.9 Å². The normalized spacial score (nSPS) is 13.9. The molecule has 0 saturated carbocycles. The highest BCUT2D eigenvalue weighted by Crippen LogP contribution is 2.40. The third-order valence-electron chi connectivity index (χ3n) is 4.83. The van der Waals surface area contributed by atoms with Crippen LogP contribution in [0.3, 0.4) is 0 Å². The Morgan fingerprint density at radius 2 is 1.41 bits per heavy atom. The minimum atomic E-state index is -1.08. The molecule has 0 radical (unpaired) electrons. The third-order valence-corrected chi connectivity index (χ3v) is 5.82. The zero-order valence-corrected chi connectivity index (χ0v) is 17.4. The average molecular weight is 454 g/mol. The molecule has 148 valence electrons. The number of carbonyl (C=O) groups excluding carboxylic acids is 1.